The summed E-state index contributed by atoms with van der Waals surface area (Å²) >= 11 is 0. The first-order chi connectivity index (χ1) is 9.19. The van der Waals surface area contributed by atoms with Crippen LogP contribution in [0.4, 0.5) is 0 Å². The van der Waals surface area contributed by atoms with Crippen LogP contribution in [0.5, 0.6) is 0 Å². The fourth-order valence-corrected chi connectivity index (χ4v) is 2.73. The summed E-state index contributed by atoms with van der Waals surface area (Å²) < 4.78 is 32.9. The zero-order valence-corrected chi connectivity index (χ0v) is 12.8. The van der Waals surface area contributed by atoms with Crippen LogP contribution in [-0.2, 0) is 14.8 Å². The summed E-state index contributed by atoms with van der Waals surface area (Å²) in [7, 11) is -2.27. The number of carboxylic acid groups (broad SMARTS) is 1. The molecule has 0 aliphatic carbocycles. The van der Waals surface area contributed by atoms with E-state index in [0.717, 1.165) is 6.07 Å². The van der Waals surface area contributed by atoms with E-state index in [0.29, 0.717) is 0 Å². The second kappa shape index (κ2) is 6.38. The lowest BCUT2D eigenvalue weighted by atomic mass is 10.3. The van der Waals surface area contributed by atoms with Gasteiger partial charge in [0.25, 0.3) is 0 Å². The average molecular weight is 304 g/mol. The fourth-order valence-electron chi connectivity index (χ4n) is 1.59. The van der Waals surface area contributed by atoms with E-state index >= 15 is 0 Å². The molecule has 2 N–H and O–H groups in total. The van der Waals surface area contributed by atoms with Gasteiger partial charge in [0.2, 0.25) is 10.0 Å². The van der Waals surface area contributed by atoms with E-state index in [4.69, 9.17) is 9.84 Å². The minimum atomic E-state index is -3.75. The molecule has 7 nitrogen and oxygen atoms in total. The molecule has 20 heavy (non-hydrogen) atoms. The third-order valence-electron chi connectivity index (χ3n) is 2.87. The highest BCUT2D eigenvalue weighted by molar-refractivity contribution is 7.89. The molecular weight excluding hydrogens is 284 g/mol. The monoisotopic (exact) mass is 304 g/mol. The Labute approximate surface area is 118 Å². The molecule has 1 unspecified atom stereocenters. The van der Waals surface area contributed by atoms with Crippen molar-refractivity contribution in [2.75, 3.05) is 13.7 Å². The smallest absolute Gasteiger partial charge is 0.352 e. The van der Waals surface area contributed by atoms with Crippen molar-refractivity contribution >= 4 is 16.0 Å². The van der Waals surface area contributed by atoms with Crippen molar-refractivity contribution in [3.05, 3.63) is 18.0 Å². The molecule has 0 saturated heterocycles. The summed E-state index contributed by atoms with van der Waals surface area (Å²) in [6, 6.07) is 1.00. The quantitative estimate of drug-likeness (QED) is 0.785. The number of aromatic nitrogens is 1. The van der Waals surface area contributed by atoms with Crippen molar-refractivity contribution in [1.29, 1.82) is 0 Å². The van der Waals surface area contributed by atoms with Gasteiger partial charge in [0, 0.05) is 25.9 Å². The van der Waals surface area contributed by atoms with Gasteiger partial charge in [-0.15, -0.1) is 0 Å². The number of nitrogens with zero attached hydrogens (tertiary/aromatic N) is 1. The van der Waals surface area contributed by atoms with Crippen LogP contribution in [0, 0.1) is 0 Å². The lowest BCUT2D eigenvalue weighted by Gasteiger charge is -2.11. The zero-order chi connectivity index (χ0) is 15.5. The highest BCUT2D eigenvalue weighted by Gasteiger charge is 2.22. The summed E-state index contributed by atoms with van der Waals surface area (Å²) in [5.41, 5.74) is -0.0554. The summed E-state index contributed by atoms with van der Waals surface area (Å²) in [6.45, 7) is 5.41. The van der Waals surface area contributed by atoms with Crippen LogP contribution in [0.15, 0.2) is 17.2 Å². The molecule has 0 amide bonds. The SMILES string of the molecule is COC(C)CNS(=O)(=O)c1cc(C(=O)O)n(C(C)C)c1. The van der Waals surface area contributed by atoms with Crippen molar-refractivity contribution in [2.24, 2.45) is 0 Å². The molecule has 1 aromatic rings. The molecule has 0 saturated carbocycles. The minimum Gasteiger partial charge on any atom is -0.477 e. The van der Waals surface area contributed by atoms with Gasteiger partial charge in [0.05, 0.1) is 6.10 Å². The standard InChI is InChI=1S/C12H20N2O5S/c1-8(2)14-7-10(5-11(14)12(15)16)20(17,18)13-6-9(3)19-4/h5,7-9,13H,6H2,1-4H3,(H,15,16). The van der Waals surface area contributed by atoms with E-state index in [-0.39, 0.29) is 29.3 Å². The van der Waals surface area contributed by atoms with Crippen molar-refractivity contribution in [1.82, 2.24) is 9.29 Å². The number of carbonyl (C=O) groups is 1. The second-order valence-corrected chi connectivity index (χ2v) is 6.53. The number of ether oxygens (including phenoxy) is 1. The van der Waals surface area contributed by atoms with Crippen LogP contribution in [0.3, 0.4) is 0 Å². The first kappa shape index (κ1) is 16.7. The van der Waals surface area contributed by atoms with Crippen molar-refractivity contribution in [2.45, 2.75) is 37.8 Å². The molecule has 8 heteroatoms. The van der Waals surface area contributed by atoms with Crippen molar-refractivity contribution in [3.8, 4) is 0 Å². The third-order valence-corrected chi connectivity index (χ3v) is 4.26. The Hall–Kier alpha value is -1.38. The maximum absolute atomic E-state index is 12.1. The maximum Gasteiger partial charge on any atom is 0.352 e. The zero-order valence-electron chi connectivity index (χ0n) is 12.0. The van der Waals surface area contributed by atoms with Gasteiger partial charge in [-0.05, 0) is 26.8 Å². The number of hydrogen-bond acceptors (Lipinski definition) is 4. The van der Waals surface area contributed by atoms with Crippen LogP contribution in [0.2, 0.25) is 0 Å². The van der Waals surface area contributed by atoms with Gasteiger partial charge in [-0.3, -0.25) is 0 Å². The molecule has 0 aliphatic heterocycles. The number of nitrogens with one attached hydrogen (secondary N) is 1. The summed E-state index contributed by atoms with van der Waals surface area (Å²) in [4.78, 5) is 11.1. The molecular formula is C12H20N2O5S. The van der Waals surface area contributed by atoms with Gasteiger partial charge in [-0.25, -0.2) is 17.9 Å². The van der Waals surface area contributed by atoms with E-state index in [1.54, 1.807) is 20.8 Å². The fraction of sp³-hybridized carbons (Fsp3) is 0.583. The Morgan fingerprint density at radius 1 is 1.45 bits per heavy atom. The number of methoxy groups -OCH3 is 1. The highest BCUT2D eigenvalue weighted by Crippen LogP contribution is 2.19. The summed E-state index contributed by atoms with van der Waals surface area (Å²) in [5, 5.41) is 9.09. The van der Waals surface area contributed by atoms with E-state index in [9.17, 15) is 13.2 Å². The van der Waals surface area contributed by atoms with Crippen molar-refractivity contribution in [3.63, 3.8) is 0 Å². The number of rotatable bonds is 7. The van der Waals surface area contributed by atoms with Gasteiger partial charge in [-0.1, -0.05) is 0 Å². The molecule has 1 heterocycles. The number of carboxylic acids is 1. The predicted octanol–water partition coefficient (Wildman–Crippen LogP) is 1.08. The molecule has 1 aromatic heterocycles. The van der Waals surface area contributed by atoms with Gasteiger partial charge in [-0.2, -0.15) is 0 Å². The predicted molar refractivity (Wildman–Crippen MR) is 73.4 cm³/mol. The van der Waals surface area contributed by atoms with Crippen LogP contribution in [-0.4, -0.2) is 43.8 Å². The Morgan fingerprint density at radius 3 is 2.45 bits per heavy atom. The normalized spacial score (nSPS) is 13.7. The first-order valence-corrected chi connectivity index (χ1v) is 7.65. The molecule has 0 aliphatic rings. The number of hydrogen-bond donors (Lipinski definition) is 2. The lowest BCUT2D eigenvalue weighted by Crippen LogP contribution is -2.31. The van der Waals surface area contributed by atoms with Gasteiger partial charge < -0.3 is 14.4 Å². The molecule has 0 aromatic carbocycles. The van der Waals surface area contributed by atoms with Gasteiger partial charge in [0.1, 0.15) is 10.6 Å². The molecule has 1 atom stereocenters. The van der Waals surface area contributed by atoms with Crippen molar-refractivity contribution < 1.29 is 23.1 Å². The summed E-state index contributed by atoms with van der Waals surface area (Å²) in [6.07, 6.45) is 1.06. The maximum atomic E-state index is 12.1. The van der Waals surface area contributed by atoms with Gasteiger partial charge >= 0.3 is 5.97 Å². The summed E-state index contributed by atoms with van der Waals surface area (Å²) in [5.74, 6) is -1.16. The molecule has 0 fully saturated rings. The van der Waals surface area contributed by atoms with E-state index in [2.05, 4.69) is 4.72 Å². The molecule has 114 valence electrons. The Morgan fingerprint density at radius 2 is 2.05 bits per heavy atom. The Bertz CT molecular complexity index is 577. The highest BCUT2D eigenvalue weighted by atomic mass is 32.2. The van der Waals surface area contributed by atoms with Crippen LogP contribution < -0.4 is 4.72 Å². The lowest BCUT2D eigenvalue weighted by molar-refractivity contribution is 0.0683. The van der Waals surface area contributed by atoms with Gasteiger partial charge in [0.15, 0.2) is 0 Å². The van der Waals surface area contributed by atoms with E-state index in [1.165, 1.54) is 17.9 Å². The largest absolute Gasteiger partial charge is 0.477 e. The van der Waals surface area contributed by atoms with Crippen LogP contribution in [0.1, 0.15) is 37.3 Å². The van der Waals surface area contributed by atoms with E-state index < -0.39 is 16.0 Å². The number of aromatic carboxylic acids is 1. The molecule has 0 radical (unpaired) electrons. The average Bonchev–Trinajstić information content (AvgIpc) is 2.82. The molecule has 0 spiro atoms. The Balaban J connectivity index is 3.07. The van der Waals surface area contributed by atoms with Crippen LogP contribution in [0.25, 0.3) is 0 Å². The third kappa shape index (κ3) is 3.81. The topological polar surface area (TPSA) is 97.6 Å². The molecule has 0 bridgehead atoms. The first-order valence-electron chi connectivity index (χ1n) is 6.16. The Kier molecular flexibility index (Phi) is 5.32. The minimum absolute atomic E-state index is 0.0554. The number of sulfonamides is 1. The van der Waals surface area contributed by atoms with Crippen LogP contribution >= 0.6 is 0 Å². The van der Waals surface area contributed by atoms with E-state index in [1.807, 2.05) is 0 Å². The second-order valence-electron chi connectivity index (χ2n) is 4.77. The molecule has 1 rings (SSSR count).